The van der Waals surface area contributed by atoms with Crippen molar-refractivity contribution in [2.45, 2.75) is 6.92 Å². The van der Waals surface area contributed by atoms with Gasteiger partial charge in [0, 0.05) is 11.1 Å². The highest BCUT2D eigenvalue weighted by Gasteiger charge is 2.18. The maximum absolute atomic E-state index is 13.6. The van der Waals surface area contributed by atoms with Gasteiger partial charge in [-0.2, -0.15) is 0 Å². The number of Topliss-reactive ketones (excluding diaryl/α,β-unsaturated/α-hetero) is 1. The van der Waals surface area contributed by atoms with Gasteiger partial charge in [0.2, 0.25) is 0 Å². The van der Waals surface area contributed by atoms with Crippen molar-refractivity contribution in [1.82, 2.24) is 0 Å². The van der Waals surface area contributed by atoms with Gasteiger partial charge in [-0.3, -0.25) is 9.59 Å². The van der Waals surface area contributed by atoms with Crippen LogP contribution >= 0.6 is 0 Å². The van der Waals surface area contributed by atoms with Gasteiger partial charge in [0.25, 0.3) is 0 Å². The summed E-state index contributed by atoms with van der Waals surface area (Å²) in [6, 6.07) is 12.2. The van der Waals surface area contributed by atoms with Crippen LogP contribution in [0.25, 0.3) is 0 Å². The molecule has 90 valence electrons. The van der Waals surface area contributed by atoms with Crippen molar-refractivity contribution in [3.8, 4) is 0 Å². The van der Waals surface area contributed by atoms with Crippen molar-refractivity contribution in [3.05, 3.63) is 71.0 Å². The number of rotatable bonds is 3. The van der Waals surface area contributed by atoms with E-state index in [4.69, 9.17) is 0 Å². The molecule has 0 aliphatic rings. The van der Waals surface area contributed by atoms with E-state index in [1.807, 2.05) is 0 Å². The van der Waals surface area contributed by atoms with Crippen molar-refractivity contribution in [2.24, 2.45) is 0 Å². The lowest BCUT2D eigenvalue weighted by Crippen LogP contribution is -2.09. The summed E-state index contributed by atoms with van der Waals surface area (Å²) in [4.78, 5) is 23.6. The maximum atomic E-state index is 13.6. The molecule has 0 atom stereocenters. The topological polar surface area (TPSA) is 34.1 Å². The molecule has 0 heterocycles. The third kappa shape index (κ3) is 2.20. The molecule has 0 amide bonds. The minimum absolute atomic E-state index is 0.0220. The van der Waals surface area contributed by atoms with Crippen LogP contribution in [-0.2, 0) is 0 Å². The van der Waals surface area contributed by atoms with Crippen LogP contribution in [0.4, 0.5) is 4.39 Å². The van der Waals surface area contributed by atoms with Crippen LogP contribution in [0.5, 0.6) is 0 Å². The van der Waals surface area contributed by atoms with E-state index in [1.165, 1.54) is 31.2 Å². The van der Waals surface area contributed by atoms with Gasteiger partial charge in [-0.05, 0) is 19.1 Å². The van der Waals surface area contributed by atoms with Crippen molar-refractivity contribution in [3.63, 3.8) is 0 Å². The van der Waals surface area contributed by atoms with Gasteiger partial charge >= 0.3 is 0 Å². The molecule has 2 rings (SSSR count). The summed E-state index contributed by atoms with van der Waals surface area (Å²) in [5, 5.41) is 0. The van der Waals surface area contributed by atoms with Gasteiger partial charge < -0.3 is 0 Å². The second-order valence-electron chi connectivity index (χ2n) is 3.91. The minimum atomic E-state index is -0.583. The zero-order valence-electron chi connectivity index (χ0n) is 9.81. The van der Waals surface area contributed by atoms with Crippen LogP contribution in [0.1, 0.15) is 33.2 Å². The summed E-state index contributed by atoms with van der Waals surface area (Å²) < 4.78 is 13.6. The average Bonchev–Trinajstić information content (AvgIpc) is 2.38. The fourth-order valence-electron chi connectivity index (χ4n) is 1.78. The van der Waals surface area contributed by atoms with E-state index < -0.39 is 11.6 Å². The van der Waals surface area contributed by atoms with Gasteiger partial charge in [-0.25, -0.2) is 4.39 Å². The zero-order chi connectivity index (χ0) is 13.1. The molecule has 0 fully saturated rings. The summed E-state index contributed by atoms with van der Waals surface area (Å²) in [7, 11) is 0. The van der Waals surface area contributed by atoms with Crippen LogP contribution in [0, 0.1) is 5.82 Å². The van der Waals surface area contributed by atoms with Gasteiger partial charge in [0.15, 0.2) is 11.6 Å². The summed E-state index contributed by atoms with van der Waals surface area (Å²) in [6.07, 6.45) is 0. The molecular weight excluding hydrogens is 231 g/mol. The van der Waals surface area contributed by atoms with Gasteiger partial charge in [-0.1, -0.05) is 36.4 Å². The van der Waals surface area contributed by atoms with Crippen molar-refractivity contribution < 1.29 is 14.0 Å². The first-order chi connectivity index (χ1) is 8.61. The Kier molecular flexibility index (Phi) is 3.33. The maximum Gasteiger partial charge on any atom is 0.196 e. The third-order valence-electron chi connectivity index (χ3n) is 2.67. The Bertz CT molecular complexity index is 617. The highest BCUT2D eigenvalue weighted by atomic mass is 19.1. The Hall–Kier alpha value is -2.29. The SMILES string of the molecule is CC(=O)c1ccccc1C(=O)c1ccccc1F. The standard InChI is InChI=1S/C15H11FO2/c1-10(17)11-6-2-3-7-12(11)15(18)13-8-4-5-9-14(13)16/h2-9H,1H3. The lowest BCUT2D eigenvalue weighted by atomic mass is 9.96. The number of carbonyl (C=O) groups is 2. The predicted octanol–water partition coefficient (Wildman–Crippen LogP) is 3.26. The lowest BCUT2D eigenvalue weighted by molar-refractivity contribution is 0.0989. The minimum Gasteiger partial charge on any atom is -0.294 e. The van der Waals surface area contributed by atoms with Crippen LogP contribution in [0.2, 0.25) is 0 Å². The molecule has 0 N–H and O–H groups in total. The molecule has 0 saturated carbocycles. The number of hydrogen-bond acceptors (Lipinski definition) is 2. The molecule has 0 spiro atoms. The van der Waals surface area contributed by atoms with Gasteiger partial charge in [0.05, 0.1) is 5.56 Å². The molecule has 0 saturated heterocycles. The van der Waals surface area contributed by atoms with Gasteiger partial charge in [-0.15, -0.1) is 0 Å². The molecule has 2 nitrogen and oxygen atoms in total. The Morgan fingerprint density at radius 2 is 1.33 bits per heavy atom. The molecule has 0 bridgehead atoms. The second kappa shape index (κ2) is 4.92. The number of benzene rings is 2. The van der Waals surface area contributed by atoms with Crippen molar-refractivity contribution >= 4 is 11.6 Å². The second-order valence-corrected chi connectivity index (χ2v) is 3.91. The Morgan fingerprint density at radius 1 is 0.833 bits per heavy atom. The molecule has 18 heavy (non-hydrogen) atoms. The first kappa shape index (κ1) is 12.2. The predicted molar refractivity (Wildman–Crippen MR) is 66.3 cm³/mol. The summed E-state index contributed by atoms with van der Waals surface area (Å²) in [5.74, 6) is -1.27. The lowest BCUT2D eigenvalue weighted by Gasteiger charge is -2.06. The highest BCUT2D eigenvalue weighted by molar-refractivity contribution is 6.15. The van der Waals surface area contributed by atoms with E-state index in [2.05, 4.69) is 0 Å². The zero-order valence-corrected chi connectivity index (χ0v) is 9.81. The number of ketones is 2. The molecular formula is C15H11FO2. The smallest absolute Gasteiger partial charge is 0.196 e. The Balaban J connectivity index is 2.54. The van der Waals surface area contributed by atoms with Crippen LogP contribution < -0.4 is 0 Å². The van der Waals surface area contributed by atoms with E-state index in [0.29, 0.717) is 5.56 Å². The molecule has 0 aliphatic heterocycles. The van der Waals surface area contributed by atoms with Crippen LogP contribution in [0.15, 0.2) is 48.5 Å². The number of halogens is 1. The summed E-state index contributed by atoms with van der Waals surface area (Å²) in [6.45, 7) is 1.38. The molecule has 3 heteroatoms. The van der Waals surface area contributed by atoms with E-state index >= 15 is 0 Å². The Labute approximate surface area is 104 Å². The molecule has 2 aromatic carbocycles. The van der Waals surface area contributed by atoms with Crippen molar-refractivity contribution in [2.75, 3.05) is 0 Å². The first-order valence-electron chi connectivity index (χ1n) is 5.50. The number of carbonyl (C=O) groups excluding carboxylic acids is 2. The monoisotopic (exact) mass is 242 g/mol. The molecule has 0 aromatic heterocycles. The van der Waals surface area contributed by atoms with Gasteiger partial charge in [0.1, 0.15) is 5.82 Å². The normalized spacial score (nSPS) is 10.1. The third-order valence-corrected chi connectivity index (χ3v) is 2.67. The van der Waals surface area contributed by atoms with Crippen LogP contribution in [-0.4, -0.2) is 11.6 Å². The average molecular weight is 242 g/mol. The van der Waals surface area contributed by atoms with E-state index in [9.17, 15) is 14.0 Å². The van der Waals surface area contributed by atoms with E-state index in [1.54, 1.807) is 24.3 Å². The molecule has 0 unspecified atom stereocenters. The van der Waals surface area contributed by atoms with E-state index in [0.717, 1.165) is 0 Å². The molecule has 0 aliphatic carbocycles. The fourth-order valence-corrected chi connectivity index (χ4v) is 1.78. The molecule has 0 radical (unpaired) electrons. The van der Waals surface area contributed by atoms with Crippen molar-refractivity contribution in [1.29, 1.82) is 0 Å². The van der Waals surface area contributed by atoms with E-state index in [-0.39, 0.29) is 16.9 Å². The fraction of sp³-hybridized carbons (Fsp3) is 0.0667. The number of hydrogen-bond donors (Lipinski definition) is 0. The van der Waals surface area contributed by atoms with Crippen LogP contribution in [0.3, 0.4) is 0 Å². The first-order valence-corrected chi connectivity index (χ1v) is 5.50. The summed E-state index contributed by atoms with van der Waals surface area (Å²) >= 11 is 0. The quantitative estimate of drug-likeness (QED) is 0.774. The Morgan fingerprint density at radius 3 is 1.89 bits per heavy atom. The highest BCUT2D eigenvalue weighted by Crippen LogP contribution is 2.17. The summed E-state index contributed by atoms with van der Waals surface area (Å²) in [5.41, 5.74) is 0.520. The largest absolute Gasteiger partial charge is 0.294 e. The molecule has 2 aromatic rings.